The number of amides is 2. The van der Waals surface area contributed by atoms with E-state index in [9.17, 15) is 9.59 Å². The highest BCUT2D eigenvalue weighted by Gasteiger charge is 2.47. The van der Waals surface area contributed by atoms with Crippen molar-refractivity contribution in [3.8, 4) is 0 Å². The summed E-state index contributed by atoms with van der Waals surface area (Å²) < 4.78 is 11.5. The summed E-state index contributed by atoms with van der Waals surface area (Å²) in [6.07, 6.45) is 4.43. The molecule has 2 fully saturated rings. The largest absolute Gasteiger partial charge is 0.370 e. The van der Waals surface area contributed by atoms with E-state index in [4.69, 9.17) is 9.47 Å². The van der Waals surface area contributed by atoms with E-state index in [0.29, 0.717) is 31.8 Å². The Bertz CT molecular complexity index is 621. The molecule has 1 spiro atoms. The highest BCUT2D eigenvalue weighted by molar-refractivity contribution is 5.92. The van der Waals surface area contributed by atoms with Crippen LogP contribution in [0.15, 0.2) is 12.4 Å². The molecule has 0 radical (unpaired) electrons. The van der Waals surface area contributed by atoms with Crippen LogP contribution in [0.4, 0.5) is 0 Å². The molecule has 2 atom stereocenters. The number of rotatable bonds is 4. The molecule has 3 rings (SSSR count). The Balaban J connectivity index is 1.56. The van der Waals surface area contributed by atoms with Crippen LogP contribution in [0.5, 0.6) is 0 Å². The molecule has 0 saturated carbocycles. The third-order valence-electron chi connectivity index (χ3n) is 4.51. The fraction of sp³-hybridized carbons (Fsp3) is 0.625. The average molecular weight is 334 g/mol. The molecule has 0 bridgehead atoms. The minimum atomic E-state index is -0.374. The van der Waals surface area contributed by atoms with Gasteiger partial charge in [0.15, 0.2) is 0 Å². The fourth-order valence-corrected chi connectivity index (χ4v) is 3.14. The monoisotopic (exact) mass is 334 g/mol. The van der Waals surface area contributed by atoms with Crippen molar-refractivity contribution >= 4 is 11.8 Å². The Hall–Kier alpha value is -2.06. The van der Waals surface area contributed by atoms with Crippen LogP contribution >= 0.6 is 0 Å². The summed E-state index contributed by atoms with van der Waals surface area (Å²) in [5.74, 6) is -0.283. The molecule has 2 saturated heterocycles. The molecule has 0 aromatic carbocycles. The second-order valence-corrected chi connectivity index (χ2v) is 6.32. The van der Waals surface area contributed by atoms with Crippen LogP contribution in [0, 0.1) is 6.92 Å². The van der Waals surface area contributed by atoms with Gasteiger partial charge in [-0.05, 0) is 13.3 Å². The maximum absolute atomic E-state index is 12.5. The lowest BCUT2D eigenvalue weighted by atomic mass is 9.98. The zero-order chi connectivity index (χ0) is 17.2. The first-order valence-corrected chi connectivity index (χ1v) is 8.05. The SMILES string of the molecule is CNC(=O)CO[C@H]1CO[C@]2(CCN(C(=O)c3cnc(C)cn3)C2)C1. The summed E-state index contributed by atoms with van der Waals surface area (Å²) >= 11 is 0. The van der Waals surface area contributed by atoms with Crippen LogP contribution in [0.25, 0.3) is 0 Å². The molecular formula is C16H22N4O4. The lowest BCUT2D eigenvalue weighted by Gasteiger charge is -2.23. The van der Waals surface area contributed by atoms with Gasteiger partial charge in [-0.2, -0.15) is 0 Å². The third kappa shape index (κ3) is 3.54. The van der Waals surface area contributed by atoms with E-state index in [0.717, 1.165) is 12.1 Å². The second kappa shape index (κ2) is 6.82. The topological polar surface area (TPSA) is 93.7 Å². The normalized spacial score (nSPS) is 26.1. The highest BCUT2D eigenvalue weighted by atomic mass is 16.6. The Morgan fingerprint density at radius 3 is 3.00 bits per heavy atom. The van der Waals surface area contributed by atoms with Gasteiger partial charge in [-0.1, -0.05) is 0 Å². The van der Waals surface area contributed by atoms with E-state index in [2.05, 4.69) is 15.3 Å². The van der Waals surface area contributed by atoms with Crippen molar-refractivity contribution in [3.05, 3.63) is 23.8 Å². The number of likely N-dealkylation sites (tertiary alicyclic amines) is 1. The first-order chi connectivity index (χ1) is 11.5. The molecule has 130 valence electrons. The van der Waals surface area contributed by atoms with Gasteiger partial charge in [-0.3, -0.25) is 14.6 Å². The van der Waals surface area contributed by atoms with Gasteiger partial charge in [0.25, 0.3) is 5.91 Å². The smallest absolute Gasteiger partial charge is 0.274 e. The van der Waals surface area contributed by atoms with Crippen molar-refractivity contribution in [3.63, 3.8) is 0 Å². The summed E-state index contributed by atoms with van der Waals surface area (Å²) in [4.78, 5) is 33.8. The predicted octanol–water partition coefficient (Wildman–Crippen LogP) is -0.0788. The molecule has 3 heterocycles. The van der Waals surface area contributed by atoms with Gasteiger partial charge in [-0.15, -0.1) is 0 Å². The maximum Gasteiger partial charge on any atom is 0.274 e. The Labute approximate surface area is 140 Å². The molecule has 8 heteroatoms. The van der Waals surface area contributed by atoms with Crippen LogP contribution in [-0.4, -0.2) is 71.7 Å². The molecule has 1 aromatic heterocycles. The number of carbonyl (C=O) groups excluding carboxylic acids is 2. The van der Waals surface area contributed by atoms with Crippen LogP contribution in [0.1, 0.15) is 29.0 Å². The number of nitrogens with one attached hydrogen (secondary N) is 1. The molecule has 1 N–H and O–H groups in total. The highest BCUT2D eigenvalue weighted by Crippen LogP contribution is 2.36. The minimum absolute atomic E-state index is 0.0300. The molecule has 24 heavy (non-hydrogen) atoms. The van der Waals surface area contributed by atoms with Crippen LogP contribution in [0.2, 0.25) is 0 Å². The second-order valence-electron chi connectivity index (χ2n) is 6.32. The van der Waals surface area contributed by atoms with Crippen molar-refractivity contribution < 1.29 is 19.1 Å². The van der Waals surface area contributed by atoms with Gasteiger partial charge in [-0.25, -0.2) is 4.98 Å². The number of carbonyl (C=O) groups is 2. The van der Waals surface area contributed by atoms with Crippen LogP contribution in [-0.2, 0) is 14.3 Å². The van der Waals surface area contributed by atoms with Gasteiger partial charge in [0, 0.05) is 26.2 Å². The van der Waals surface area contributed by atoms with Crippen LogP contribution < -0.4 is 5.32 Å². The Morgan fingerprint density at radius 2 is 2.29 bits per heavy atom. The lowest BCUT2D eigenvalue weighted by Crippen LogP contribution is -2.36. The lowest BCUT2D eigenvalue weighted by molar-refractivity contribution is -0.127. The number of aromatic nitrogens is 2. The molecule has 0 aliphatic carbocycles. The van der Waals surface area contributed by atoms with Gasteiger partial charge in [0.2, 0.25) is 5.91 Å². The van der Waals surface area contributed by atoms with Gasteiger partial charge in [0.05, 0.1) is 36.7 Å². The van der Waals surface area contributed by atoms with E-state index in [1.165, 1.54) is 6.20 Å². The third-order valence-corrected chi connectivity index (χ3v) is 4.51. The molecule has 8 nitrogen and oxygen atoms in total. The van der Waals surface area contributed by atoms with E-state index in [1.54, 1.807) is 18.1 Å². The molecule has 2 aliphatic heterocycles. The molecule has 1 aromatic rings. The fourth-order valence-electron chi connectivity index (χ4n) is 3.14. The van der Waals surface area contributed by atoms with E-state index in [1.807, 2.05) is 6.92 Å². The standard InChI is InChI=1S/C16H22N4O4/c1-11-6-19-13(7-18-11)15(22)20-4-3-16(10-20)5-12(8-24-16)23-9-14(21)17-2/h6-7,12H,3-5,8-10H2,1-2H3,(H,17,21)/t12-,16-/m1/s1. The number of ether oxygens (including phenoxy) is 2. The quantitative estimate of drug-likeness (QED) is 0.828. The van der Waals surface area contributed by atoms with Crippen molar-refractivity contribution in [1.29, 1.82) is 0 Å². The zero-order valence-electron chi connectivity index (χ0n) is 13.9. The number of nitrogens with zero attached hydrogens (tertiary/aromatic N) is 3. The van der Waals surface area contributed by atoms with Gasteiger partial charge in [0.1, 0.15) is 12.3 Å². The first-order valence-electron chi connectivity index (χ1n) is 8.05. The summed E-state index contributed by atoms with van der Waals surface area (Å²) in [5, 5.41) is 2.52. The average Bonchev–Trinajstić information content (AvgIpc) is 3.20. The van der Waals surface area contributed by atoms with Crippen molar-refractivity contribution in [2.24, 2.45) is 0 Å². The summed E-state index contributed by atoms with van der Waals surface area (Å²) in [6.45, 7) is 3.45. The van der Waals surface area contributed by atoms with Gasteiger partial charge >= 0.3 is 0 Å². The summed E-state index contributed by atoms with van der Waals surface area (Å²) in [7, 11) is 1.58. The molecular weight excluding hydrogens is 312 g/mol. The minimum Gasteiger partial charge on any atom is -0.370 e. The summed E-state index contributed by atoms with van der Waals surface area (Å²) in [5.41, 5.74) is 0.754. The number of hydrogen-bond donors (Lipinski definition) is 1. The molecule has 2 aliphatic rings. The zero-order valence-corrected chi connectivity index (χ0v) is 13.9. The number of aryl methyl sites for hydroxylation is 1. The number of likely N-dealkylation sites (N-methyl/N-ethyl adjacent to an activating group) is 1. The van der Waals surface area contributed by atoms with E-state index >= 15 is 0 Å². The maximum atomic E-state index is 12.5. The summed E-state index contributed by atoms with van der Waals surface area (Å²) in [6, 6.07) is 0. The van der Waals surface area contributed by atoms with Gasteiger partial charge < -0.3 is 19.7 Å². The van der Waals surface area contributed by atoms with Crippen molar-refractivity contribution in [2.45, 2.75) is 31.5 Å². The van der Waals surface area contributed by atoms with E-state index < -0.39 is 0 Å². The predicted molar refractivity (Wildman–Crippen MR) is 84.4 cm³/mol. The Kier molecular flexibility index (Phi) is 4.77. The van der Waals surface area contributed by atoms with Crippen LogP contribution in [0.3, 0.4) is 0 Å². The van der Waals surface area contributed by atoms with Crippen molar-refractivity contribution in [1.82, 2.24) is 20.2 Å². The molecule has 0 unspecified atom stereocenters. The van der Waals surface area contributed by atoms with Crippen molar-refractivity contribution in [2.75, 3.05) is 33.4 Å². The number of hydrogen-bond acceptors (Lipinski definition) is 6. The molecule has 2 amide bonds. The first kappa shape index (κ1) is 16.8. The van der Waals surface area contributed by atoms with E-state index in [-0.39, 0.29) is 30.1 Å². The Morgan fingerprint density at radius 1 is 1.46 bits per heavy atom.